The summed E-state index contributed by atoms with van der Waals surface area (Å²) >= 11 is 0. The summed E-state index contributed by atoms with van der Waals surface area (Å²) in [5, 5.41) is 9.67. The van der Waals surface area contributed by atoms with Crippen LogP contribution >= 0.6 is 0 Å². The Kier molecular flexibility index (Phi) is 4.59. The Morgan fingerprint density at radius 3 is 2.11 bits per heavy atom. The number of carboxylic acids is 1. The lowest BCUT2D eigenvalue weighted by molar-refractivity contribution is -0.170. The number of esters is 1. The molecule has 0 radical (unpaired) electrons. The highest BCUT2D eigenvalue weighted by atomic mass is 28.3. The lowest BCUT2D eigenvalue weighted by Gasteiger charge is -2.36. The Labute approximate surface area is 110 Å². The number of rotatable bonds is 5. The molecule has 0 aromatic carbocycles. The Balaban J connectivity index is 3.17. The van der Waals surface area contributed by atoms with E-state index in [1.807, 2.05) is 0 Å². The highest BCUT2D eigenvalue weighted by Crippen LogP contribution is 2.46. The molecule has 0 aliphatic heterocycles. The zero-order chi connectivity index (χ0) is 14.0. The molecule has 0 heterocycles. The van der Waals surface area contributed by atoms with Crippen LogP contribution in [0, 0.1) is 11.3 Å². The molecular formula is C13H24O4Si. The van der Waals surface area contributed by atoms with Gasteiger partial charge in [-0.25, -0.2) is 0 Å². The minimum Gasteiger partial charge on any atom is -0.480 e. The van der Waals surface area contributed by atoms with Crippen LogP contribution in [0.3, 0.4) is 0 Å². The molecule has 1 rings (SSSR count). The molecule has 5 heteroatoms. The quantitative estimate of drug-likeness (QED) is 0.475. The van der Waals surface area contributed by atoms with Crippen molar-refractivity contribution in [3.05, 3.63) is 0 Å². The first kappa shape index (κ1) is 15.2. The van der Waals surface area contributed by atoms with Crippen molar-refractivity contribution in [2.75, 3.05) is 7.11 Å². The van der Waals surface area contributed by atoms with Gasteiger partial charge in [0.25, 0.3) is 0 Å². The van der Waals surface area contributed by atoms with Crippen LogP contribution in [0.15, 0.2) is 0 Å². The number of aliphatic carboxylic acids is 1. The van der Waals surface area contributed by atoms with Gasteiger partial charge in [-0.1, -0.05) is 32.5 Å². The predicted octanol–water partition coefficient (Wildman–Crippen LogP) is 2.76. The smallest absolute Gasteiger partial charge is 0.323 e. The maximum absolute atomic E-state index is 12.2. The van der Waals surface area contributed by atoms with E-state index in [9.17, 15) is 14.7 Å². The van der Waals surface area contributed by atoms with Gasteiger partial charge in [-0.3, -0.25) is 9.59 Å². The van der Waals surface area contributed by atoms with Crippen molar-refractivity contribution in [1.82, 2.24) is 0 Å². The van der Waals surface area contributed by atoms with Crippen LogP contribution < -0.4 is 0 Å². The van der Waals surface area contributed by atoms with Gasteiger partial charge >= 0.3 is 11.9 Å². The highest BCUT2D eigenvalue weighted by Gasteiger charge is 2.55. The van der Waals surface area contributed by atoms with Crippen molar-refractivity contribution in [2.24, 2.45) is 11.3 Å². The van der Waals surface area contributed by atoms with Crippen LogP contribution in [0.4, 0.5) is 0 Å². The van der Waals surface area contributed by atoms with E-state index in [0.29, 0.717) is 6.04 Å². The molecule has 1 aliphatic rings. The molecule has 0 saturated heterocycles. The Morgan fingerprint density at radius 1 is 1.28 bits per heavy atom. The summed E-state index contributed by atoms with van der Waals surface area (Å²) in [6.07, 6.45) is 3.68. The van der Waals surface area contributed by atoms with Crippen molar-refractivity contribution in [1.29, 1.82) is 0 Å². The fourth-order valence-corrected chi connectivity index (χ4v) is 5.42. The number of methoxy groups -OCH3 is 1. The number of ether oxygens (including phenoxy) is 1. The van der Waals surface area contributed by atoms with Gasteiger partial charge in [0.1, 0.15) is 0 Å². The van der Waals surface area contributed by atoms with Gasteiger partial charge in [-0.15, -0.1) is 0 Å². The van der Waals surface area contributed by atoms with Gasteiger partial charge < -0.3 is 9.84 Å². The number of carbonyl (C=O) groups excluding carboxylic acids is 1. The molecule has 1 aliphatic carbocycles. The minimum atomic E-state index is -1.68. The first-order chi connectivity index (χ1) is 8.24. The van der Waals surface area contributed by atoms with Crippen molar-refractivity contribution < 1.29 is 19.4 Å². The minimum absolute atomic E-state index is 0.0609. The number of hydrogen-bond acceptors (Lipinski definition) is 3. The average Bonchev–Trinajstić information content (AvgIpc) is 2.76. The van der Waals surface area contributed by atoms with E-state index in [1.165, 1.54) is 7.11 Å². The van der Waals surface area contributed by atoms with E-state index in [4.69, 9.17) is 4.74 Å². The second kappa shape index (κ2) is 5.43. The third kappa shape index (κ3) is 2.94. The van der Waals surface area contributed by atoms with Crippen molar-refractivity contribution in [3.8, 4) is 0 Å². The maximum atomic E-state index is 12.2. The predicted molar refractivity (Wildman–Crippen MR) is 72.2 cm³/mol. The summed E-state index contributed by atoms with van der Waals surface area (Å²) < 4.78 is 4.84. The average molecular weight is 272 g/mol. The van der Waals surface area contributed by atoms with Crippen molar-refractivity contribution in [2.45, 2.75) is 51.4 Å². The van der Waals surface area contributed by atoms with Crippen LogP contribution in [0.25, 0.3) is 0 Å². The van der Waals surface area contributed by atoms with E-state index in [2.05, 4.69) is 19.6 Å². The second-order valence-electron chi connectivity index (χ2n) is 6.49. The van der Waals surface area contributed by atoms with E-state index < -0.39 is 25.4 Å². The van der Waals surface area contributed by atoms with Gasteiger partial charge in [-0.05, 0) is 24.8 Å². The number of hydrogen-bond donors (Lipinski definition) is 1. The molecule has 1 unspecified atom stereocenters. The summed E-state index contributed by atoms with van der Waals surface area (Å²) in [4.78, 5) is 24.0. The van der Waals surface area contributed by atoms with E-state index in [1.54, 1.807) is 0 Å². The van der Waals surface area contributed by atoms with Gasteiger partial charge in [0, 0.05) is 8.07 Å². The number of carboxylic acid groups (broad SMARTS) is 1. The summed E-state index contributed by atoms with van der Waals surface area (Å²) in [7, 11) is -0.393. The molecule has 0 aromatic heterocycles. The topological polar surface area (TPSA) is 63.6 Å². The normalized spacial score (nSPS) is 20.4. The zero-order valence-electron chi connectivity index (χ0n) is 11.8. The fourth-order valence-electron chi connectivity index (χ4n) is 3.16. The molecule has 1 atom stereocenters. The van der Waals surface area contributed by atoms with E-state index in [-0.39, 0.29) is 5.92 Å². The molecule has 104 valence electrons. The van der Waals surface area contributed by atoms with E-state index >= 15 is 0 Å². The van der Waals surface area contributed by atoms with Crippen LogP contribution in [0.2, 0.25) is 25.7 Å². The first-order valence-electron chi connectivity index (χ1n) is 6.56. The Morgan fingerprint density at radius 2 is 1.78 bits per heavy atom. The highest BCUT2D eigenvalue weighted by molar-refractivity contribution is 6.76. The van der Waals surface area contributed by atoms with Crippen molar-refractivity contribution in [3.63, 3.8) is 0 Å². The summed E-state index contributed by atoms with van der Waals surface area (Å²) in [6, 6.07) is 0.465. The molecule has 0 spiro atoms. The largest absolute Gasteiger partial charge is 0.480 e. The third-order valence-corrected chi connectivity index (χ3v) is 5.41. The molecule has 0 aromatic rings. The summed E-state index contributed by atoms with van der Waals surface area (Å²) in [5.74, 6) is -1.61. The molecule has 1 N–H and O–H groups in total. The molecule has 1 saturated carbocycles. The molecular weight excluding hydrogens is 248 g/mol. The molecule has 0 amide bonds. The maximum Gasteiger partial charge on any atom is 0.323 e. The van der Waals surface area contributed by atoms with Crippen LogP contribution in [-0.2, 0) is 14.3 Å². The van der Waals surface area contributed by atoms with Gasteiger partial charge in [-0.2, -0.15) is 0 Å². The standard InChI is InChI=1S/C13H24O4Si/c1-17-12(16)13(11(14)15,9-18(2,3)4)10-7-5-6-8-10/h10H,5-9H2,1-4H3,(H,14,15). The third-order valence-electron chi connectivity index (χ3n) is 3.79. The molecule has 4 nitrogen and oxygen atoms in total. The fraction of sp³-hybridized carbons (Fsp3) is 0.846. The zero-order valence-corrected chi connectivity index (χ0v) is 12.8. The van der Waals surface area contributed by atoms with Gasteiger partial charge in [0.05, 0.1) is 7.11 Å². The SMILES string of the molecule is COC(=O)C(C[Si](C)(C)C)(C(=O)O)C1CCCC1. The second-order valence-corrected chi connectivity index (χ2v) is 12.0. The monoisotopic (exact) mass is 272 g/mol. The van der Waals surface area contributed by atoms with Crippen LogP contribution in [0.5, 0.6) is 0 Å². The van der Waals surface area contributed by atoms with E-state index in [0.717, 1.165) is 25.7 Å². The first-order valence-corrected chi connectivity index (χ1v) is 10.3. The number of carbonyl (C=O) groups is 2. The summed E-state index contributed by atoms with van der Waals surface area (Å²) in [6.45, 7) is 6.30. The lowest BCUT2D eigenvalue weighted by atomic mass is 9.75. The van der Waals surface area contributed by atoms with Crippen LogP contribution in [0.1, 0.15) is 25.7 Å². The molecule has 1 fully saturated rings. The molecule has 18 heavy (non-hydrogen) atoms. The lowest BCUT2D eigenvalue weighted by Crippen LogP contribution is -2.50. The van der Waals surface area contributed by atoms with Crippen LogP contribution in [-0.4, -0.2) is 32.2 Å². The summed E-state index contributed by atoms with van der Waals surface area (Å²) in [5.41, 5.74) is -1.31. The Hall–Kier alpha value is -0.843. The van der Waals surface area contributed by atoms with Crippen molar-refractivity contribution >= 4 is 20.0 Å². The molecule has 0 bridgehead atoms. The van der Waals surface area contributed by atoms with Gasteiger partial charge in [0.15, 0.2) is 5.41 Å². The van der Waals surface area contributed by atoms with Gasteiger partial charge in [0.2, 0.25) is 0 Å². The Bertz CT molecular complexity index is 328.